The monoisotopic (exact) mass is 277 g/mol. The summed E-state index contributed by atoms with van der Waals surface area (Å²) in [4.78, 5) is 0. The fraction of sp³-hybridized carbons (Fsp3) is 0.667. The molecule has 0 radical (unpaired) electrons. The van der Waals surface area contributed by atoms with E-state index in [1.807, 2.05) is 0 Å². The van der Waals surface area contributed by atoms with E-state index in [-0.39, 0.29) is 6.04 Å². The van der Waals surface area contributed by atoms with Crippen molar-refractivity contribution < 1.29 is 4.74 Å². The summed E-state index contributed by atoms with van der Waals surface area (Å²) in [6.07, 6.45) is 1.44. The maximum absolute atomic E-state index is 6.05. The van der Waals surface area contributed by atoms with Gasteiger partial charge in [-0.15, -0.1) is 0 Å². The Kier molecular flexibility index (Phi) is 7.25. The van der Waals surface area contributed by atoms with Crippen molar-refractivity contribution >= 4 is 0 Å². The average molecular weight is 277 g/mol. The summed E-state index contributed by atoms with van der Waals surface area (Å²) < 4.78 is 6.05. The van der Waals surface area contributed by atoms with Crippen LogP contribution in [0.3, 0.4) is 0 Å². The molecular formula is C18H31NO. The van der Waals surface area contributed by atoms with Gasteiger partial charge in [0.1, 0.15) is 0 Å². The van der Waals surface area contributed by atoms with Crippen LogP contribution >= 0.6 is 0 Å². The Morgan fingerprint density at radius 2 is 1.85 bits per heavy atom. The largest absolute Gasteiger partial charge is 0.376 e. The molecule has 0 heterocycles. The Morgan fingerprint density at radius 3 is 2.45 bits per heavy atom. The minimum absolute atomic E-state index is 0.288. The first kappa shape index (κ1) is 17.2. The molecular weight excluding hydrogens is 246 g/mol. The van der Waals surface area contributed by atoms with Gasteiger partial charge in [0, 0.05) is 0 Å². The zero-order valence-electron chi connectivity index (χ0n) is 14.0. The second-order valence-electron chi connectivity index (χ2n) is 6.15. The number of hydrogen-bond acceptors (Lipinski definition) is 2. The highest BCUT2D eigenvalue weighted by Gasteiger charge is 2.16. The van der Waals surface area contributed by atoms with Gasteiger partial charge in [-0.2, -0.15) is 0 Å². The van der Waals surface area contributed by atoms with Crippen LogP contribution in [-0.2, 0) is 4.74 Å². The number of benzene rings is 1. The van der Waals surface area contributed by atoms with Crippen molar-refractivity contribution in [3.63, 3.8) is 0 Å². The van der Waals surface area contributed by atoms with Crippen LogP contribution in [0.4, 0.5) is 0 Å². The Hall–Kier alpha value is -0.860. The van der Waals surface area contributed by atoms with Crippen molar-refractivity contribution in [3.8, 4) is 0 Å². The fourth-order valence-corrected chi connectivity index (χ4v) is 2.15. The van der Waals surface area contributed by atoms with Gasteiger partial charge in [-0.05, 0) is 50.8 Å². The van der Waals surface area contributed by atoms with E-state index in [0.29, 0.717) is 12.0 Å². The summed E-state index contributed by atoms with van der Waals surface area (Å²) in [6.45, 7) is 14.9. The van der Waals surface area contributed by atoms with E-state index in [0.717, 1.165) is 19.6 Å². The van der Waals surface area contributed by atoms with Crippen LogP contribution in [0.1, 0.15) is 56.8 Å². The molecule has 2 nitrogen and oxygen atoms in total. The minimum Gasteiger partial charge on any atom is -0.376 e. The average Bonchev–Trinajstić information content (AvgIpc) is 2.41. The molecule has 114 valence electrons. The number of hydrogen-bond donors (Lipinski definition) is 1. The van der Waals surface area contributed by atoms with E-state index < -0.39 is 0 Å². The van der Waals surface area contributed by atoms with Crippen LogP contribution in [0.5, 0.6) is 0 Å². The van der Waals surface area contributed by atoms with Crippen LogP contribution in [0.15, 0.2) is 18.2 Å². The summed E-state index contributed by atoms with van der Waals surface area (Å²) >= 11 is 0. The minimum atomic E-state index is 0.288. The summed E-state index contributed by atoms with van der Waals surface area (Å²) in [6, 6.07) is 6.95. The molecule has 20 heavy (non-hydrogen) atoms. The van der Waals surface area contributed by atoms with Crippen LogP contribution in [0.2, 0.25) is 0 Å². The molecule has 0 aliphatic rings. The predicted molar refractivity (Wildman–Crippen MR) is 87.2 cm³/mol. The normalized spacial score (nSPS) is 14.6. The van der Waals surface area contributed by atoms with E-state index in [2.05, 4.69) is 65.1 Å². The molecule has 1 aromatic rings. The number of nitrogens with one attached hydrogen (secondary N) is 1. The maximum atomic E-state index is 6.05. The topological polar surface area (TPSA) is 21.3 Å². The van der Waals surface area contributed by atoms with Gasteiger partial charge in [0.25, 0.3) is 0 Å². The van der Waals surface area contributed by atoms with Crippen molar-refractivity contribution in [3.05, 3.63) is 34.9 Å². The number of rotatable bonds is 8. The highest BCUT2D eigenvalue weighted by Crippen LogP contribution is 2.21. The zero-order valence-corrected chi connectivity index (χ0v) is 14.0. The van der Waals surface area contributed by atoms with Crippen molar-refractivity contribution in [2.75, 3.05) is 13.2 Å². The first-order chi connectivity index (χ1) is 9.45. The fourth-order valence-electron chi connectivity index (χ4n) is 2.15. The highest BCUT2D eigenvalue weighted by atomic mass is 16.5. The standard InChI is InChI=1S/C18H31NO/c1-7-10-19-18(12-20-16(6)13(2)3)17-11-14(4)8-9-15(17)5/h8-9,11,13,16,18-19H,7,10,12H2,1-6H3. The molecule has 1 rings (SSSR count). The Labute approximate surface area is 124 Å². The molecule has 0 saturated heterocycles. The lowest BCUT2D eigenvalue weighted by molar-refractivity contribution is 0.0217. The molecule has 0 aromatic heterocycles. The van der Waals surface area contributed by atoms with Gasteiger partial charge < -0.3 is 10.1 Å². The van der Waals surface area contributed by atoms with E-state index in [1.165, 1.54) is 16.7 Å². The van der Waals surface area contributed by atoms with E-state index in [1.54, 1.807) is 0 Å². The van der Waals surface area contributed by atoms with Crippen molar-refractivity contribution in [2.45, 2.75) is 60.1 Å². The summed E-state index contributed by atoms with van der Waals surface area (Å²) in [7, 11) is 0. The molecule has 0 saturated carbocycles. The Balaban J connectivity index is 2.80. The predicted octanol–water partition coefficient (Wildman–Crippen LogP) is 4.41. The van der Waals surface area contributed by atoms with Crippen molar-refractivity contribution in [1.82, 2.24) is 5.32 Å². The molecule has 2 atom stereocenters. The number of aryl methyl sites for hydroxylation is 2. The quantitative estimate of drug-likeness (QED) is 0.760. The lowest BCUT2D eigenvalue weighted by Gasteiger charge is -2.25. The van der Waals surface area contributed by atoms with Crippen LogP contribution < -0.4 is 5.32 Å². The SMILES string of the molecule is CCCNC(COC(C)C(C)C)c1cc(C)ccc1C. The van der Waals surface area contributed by atoms with Gasteiger partial charge in [-0.3, -0.25) is 0 Å². The van der Waals surface area contributed by atoms with Gasteiger partial charge in [0.15, 0.2) is 0 Å². The summed E-state index contributed by atoms with van der Waals surface area (Å²) in [5, 5.41) is 3.62. The highest BCUT2D eigenvalue weighted by molar-refractivity contribution is 5.33. The molecule has 1 aromatic carbocycles. The molecule has 0 amide bonds. The number of ether oxygens (including phenoxy) is 1. The Bertz CT molecular complexity index is 400. The second kappa shape index (κ2) is 8.43. The van der Waals surface area contributed by atoms with Gasteiger partial charge >= 0.3 is 0 Å². The van der Waals surface area contributed by atoms with Crippen LogP contribution in [0, 0.1) is 19.8 Å². The van der Waals surface area contributed by atoms with Gasteiger partial charge in [0.2, 0.25) is 0 Å². The van der Waals surface area contributed by atoms with E-state index in [9.17, 15) is 0 Å². The van der Waals surface area contributed by atoms with Crippen molar-refractivity contribution in [2.24, 2.45) is 5.92 Å². The van der Waals surface area contributed by atoms with Crippen LogP contribution in [0.25, 0.3) is 0 Å². The summed E-state index contributed by atoms with van der Waals surface area (Å²) in [5.74, 6) is 0.556. The third-order valence-corrected chi connectivity index (χ3v) is 3.92. The molecule has 2 unspecified atom stereocenters. The first-order valence-corrected chi connectivity index (χ1v) is 7.87. The second-order valence-corrected chi connectivity index (χ2v) is 6.15. The lowest BCUT2D eigenvalue weighted by atomic mass is 9.99. The van der Waals surface area contributed by atoms with Gasteiger partial charge in [-0.25, -0.2) is 0 Å². The summed E-state index contributed by atoms with van der Waals surface area (Å²) in [5.41, 5.74) is 4.02. The zero-order chi connectivity index (χ0) is 15.1. The van der Waals surface area contributed by atoms with Gasteiger partial charge in [0.05, 0.1) is 18.8 Å². The molecule has 1 N–H and O–H groups in total. The lowest BCUT2D eigenvalue weighted by Crippen LogP contribution is -2.29. The smallest absolute Gasteiger partial charge is 0.0665 e. The molecule has 0 fully saturated rings. The van der Waals surface area contributed by atoms with E-state index in [4.69, 9.17) is 4.74 Å². The third-order valence-electron chi connectivity index (χ3n) is 3.92. The maximum Gasteiger partial charge on any atom is 0.0665 e. The van der Waals surface area contributed by atoms with Crippen molar-refractivity contribution in [1.29, 1.82) is 0 Å². The molecule has 0 aliphatic carbocycles. The van der Waals surface area contributed by atoms with Crippen LogP contribution in [-0.4, -0.2) is 19.3 Å². The first-order valence-electron chi connectivity index (χ1n) is 7.87. The van der Waals surface area contributed by atoms with E-state index >= 15 is 0 Å². The molecule has 0 spiro atoms. The molecule has 2 heteroatoms. The third kappa shape index (κ3) is 5.26. The molecule has 0 aliphatic heterocycles. The van der Waals surface area contributed by atoms with Gasteiger partial charge in [-0.1, -0.05) is 44.5 Å². The Morgan fingerprint density at radius 1 is 1.15 bits per heavy atom. The molecule has 0 bridgehead atoms.